The predicted octanol–water partition coefficient (Wildman–Crippen LogP) is -2.36. The van der Waals surface area contributed by atoms with Crippen molar-refractivity contribution in [2.24, 2.45) is 61.0 Å². The van der Waals surface area contributed by atoms with Crippen molar-refractivity contribution in [3.8, 4) is 0 Å². The van der Waals surface area contributed by atoms with Gasteiger partial charge in [-0.05, 0) is 50.0 Å². The zero-order valence-electron chi connectivity index (χ0n) is 29.6. The molecule has 1 rings (SSSR count). The van der Waals surface area contributed by atoms with Crippen LogP contribution in [0.15, 0.2) is 39.2 Å². The summed E-state index contributed by atoms with van der Waals surface area (Å²) in [6.07, 6.45) is 3.28. The number of nitrogen functional groups attached to an aromatic ring is 1. The molecular formula is C32H57N15O4. The number of benzene rings is 1. The van der Waals surface area contributed by atoms with Gasteiger partial charge in [0.1, 0.15) is 24.0 Å². The number of nitrogens with two attached hydrogens (primary N) is 7. The van der Waals surface area contributed by atoms with Gasteiger partial charge in [0.2, 0.25) is 23.6 Å². The Morgan fingerprint density at radius 3 is 1.65 bits per heavy atom. The molecule has 0 bridgehead atoms. The second-order valence-electron chi connectivity index (χ2n) is 12.3. The van der Waals surface area contributed by atoms with Crippen LogP contribution in [-0.4, -0.2) is 85.1 Å². The fourth-order valence-electron chi connectivity index (χ4n) is 4.76. The van der Waals surface area contributed by atoms with Gasteiger partial charge in [-0.3, -0.25) is 39.6 Å². The lowest BCUT2D eigenvalue weighted by Gasteiger charge is -2.27. The van der Waals surface area contributed by atoms with Crippen molar-refractivity contribution in [3.05, 3.63) is 35.4 Å². The molecule has 284 valence electrons. The minimum absolute atomic E-state index is 0.00582. The standard InChI is InChI=1S/C32H57N15O4/c1-19(2)25(47-28(50)23(9-7-17-43-32(39)40)45-24(48)10-4-3-5-15-41-30(35)36)29(51)46-22(8-6-16-42-31(37)38)27(49)44-18-20-11-13-21(14-12-20)26(33)34/h11-14,19,22-23,25H,3-10,15-18H2,1-2H3,(H3,33,34)(H,44,49)(H,45,48)(H,46,51)(H,47,50)(H4,35,36,41)(H4,37,38,42)(H4,39,40,43)/t22-,23-,25?/m0/s1. The lowest BCUT2D eigenvalue weighted by molar-refractivity contribution is -0.134. The molecule has 4 amide bonds. The van der Waals surface area contributed by atoms with E-state index in [0.717, 1.165) is 5.56 Å². The Kier molecular flexibility index (Phi) is 20.2. The second kappa shape index (κ2) is 23.7. The van der Waals surface area contributed by atoms with Gasteiger partial charge in [-0.25, -0.2) is 0 Å². The topological polar surface area (TPSA) is 359 Å². The van der Waals surface area contributed by atoms with Crippen LogP contribution in [0.2, 0.25) is 0 Å². The smallest absolute Gasteiger partial charge is 0.243 e. The first-order valence-electron chi connectivity index (χ1n) is 16.9. The highest BCUT2D eigenvalue weighted by molar-refractivity contribution is 5.95. The van der Waals surface area contributed by atoms with Crippen molar-refractivity contribution in [3.63, 3.8) is 0 Å². The number of amidine groups is 1. The van der Waals surface area contributed by atoms with Gasteiger partial charge in [-0.15, -0.1) is 0 Å². The van der Waals surface area contributed by atoms with Crippen LogP contribution in [0, 0.1) is 11.3 Å². The molecule has 0 aliphatic heterocycles. The van der Waals surface area contributed by atoms with Crippen LogP contribution in [0.4, 0.5) is 0 Å². The van der Waals surface area contributed by atoms with E-state index in [0.29, 0.717) is 44.2 Å². The van der Waals surface area contributed by atoms with Gasteiger partial charge < -0.3 is 61.4 Å². The first kappa shape index (κ1) is 43.4. The zero-order valence-corrected chi connectivity index (χ0v) is 29.6. The van der Waals surface area contributed by atoms with Crippen LogP contribution in [0.1, 0.15) is 76.3 Å². The monoisotopic (exact) mass is 715 g/mol. The van der Waals surface area contributed by atoms with Crippen LogP contribution in [0.25, 0.3) is 0 Å². The van der Waals surface area contributed by atoms with Crippen LogP contribution >= 0.6 is 0 Å². The molecule has 3 atom stereocenters. The average molecular weight is 716 g/mol. The summed E-state index contributed by atoms with van der Waals surface area (Å²) >= 11 is 0. The van der Waals surface area contributed by atoms with Gasteiger partial charge in [-0.2, -0.15) is 0 Å². The Bertz CT molecular complexity index is 1370. The minimum atomic E-state index is -1.04. The average Bonchev–Trinajstić information content (AvgIpc) is 3.06. The number of carbonyl (C=O) groups excluding carboxylic acids is 4. The quantitative estimate of drug-likeness (QED) is 0.0305. The highest BCUT2D eigenvalue weighted by Crippen LogP contribution is 2.09. The Labute approximate surface area is 299 Å². The van der Waals surface area contributed by atoms with Gasteiger partial charge in [0, 0.05) is 38.2 Å². The molecule has 1 aromatic carbocycles. The summed E-state index contributed by atoms with van der Waals surface area (Å²) < 4.78 is 0. The van der Waals surface area contributed by atoms with Crippen molar-refractivity contribution < 1.29 is 19.2 Å². The fourth-order valence-corrected chi connectivity index (χ4v) is 4.76. The molecule has 0 fully saturated rings. The lowest BCUT2D eigenvalue weighted by atomic mass is 10.0. The molecule has 0 aliphatic carbocycles. The first-order valence-corrected chi connectivity index (χ1v) is 16.9. The third-order valence-corrected chi connectivity index (χ3v) is 7.51. The van der Waals surface area contributed by atoms with Crippen molar-refractivity contribution in [1.82, 2.24) is 21.3 Å². The number of carbonyl (C=O) groups is 4. The Hall–Kier alpha value is -5.62. The van der Waals surface area contributed by atoms with Crippen molar-refractivity contribution in [1.29, 1.82) is 5.41 Å². The summed E-state index contributed by atoms with van der Waals surface area (Å²) in [5.41, 5.74) is 39.2. The largest absolute Gasteiger partial charge is 0.384 e. The SMILES string of the molecule is CC(C)C(NC(=O)[C@H](CCCN=C(N)N)NC(=O)CCCCCN=C(N)N)C(=O)N[C@@H](CCCN=C(N)N)C(=O)NCc1ccc(C(=N)N)cc1. The van der Waals surface area contributed by atoms with Crippen LogP contribution in [0.5, 0.6) is 0 Å². The number of hydrogen-bond donors (Lipinski definition) is 12. The maximum atomic E-state index is 13.6. The van der Waals surface area contributed by atoms with E-state index < -0.39 is 35.8 Å². The number of aliphatic imine (C=N–C) groups is 3. The molecule has 1 unspecified atom stereocenters. The Morgan fingerprint density at radius 2 is 1.16 bits per heavy atom. The highest BCUT2D eigenvalue weighted by Gasteiger charge is 2.31. The Morgan fingerprint density at radius 1 is 0.647 bits per heavy atom. The van der Waals surface area contributed by atoms with Crippen LogP contribution < -0.4 is 61.4 Å². The number of nitrogens with zero attached hydrogens (tertiary/aromatic N) is 3. The number of unbranched alkanes of at least 4 members (excludes halogenated alkanes) is 2. The van der Waals surface area contributed by atoms with Crippen LogP contribution in [-0.2, 0) is 25.7 Å². The number of rotatable bonds is 24. The van der Waals surface area contributed by atoms with Crippen LogP contribution in [0.3, 0.4) is 0 Å². The number of amides is 4. The van der Waals surface area contributed by atoms with Gasteiger partial charge in [0.05, 0.1) is 0 Å². The summed E-state index contributed by atoms with van der Waals surface area (Å²) in [5, 5.41) is 18.7. The van der Waals surface area contributed by atoms with Gasteiger partial charge in [0.25, 0.3) is 0 Å². The van der Waals surface area contributed by atoms with E-state index >= 15 is 0 Å². The summed E-state index contributed by atoms with van der Waals surface area (Å²) in [7, 11) is 0. The molecule has 19 N–H and O–H groups in total. The summed E-state index contributed by atoms with van der Waals surface area (Å²) in [4.78, 5) is 65.1. The predicted molar refractivity (Wildman–Crippen MR) is 199 cm³/mol. The van der Waals surface area contributed by atoms with E-state index in [1.807, 2.05) is 0 Å². The molecule has 0 spiro atoms. The normalized spacial score (nSPS) is 12.4. The highest BCUT2D eigenvalue weighted by atomic mass is 16.2. The van der Waals surface area contributed by atoms with Crippen molar-refractivity contribution in [2.45, 2.75) is 89.9 Å². The molecule has 51 heavy (non-hydrogen) atoms. The third kappa shape index (κ3) is 19.2. The van der Waals surface area contributed by atoms with E-state index in [4.69, 9.17) is 45.5 Å². The molecule has 0 aromatic heterocycles. The first-order chi connectivity index (χ1) is 24.1. The summed E-state index contributed by atoms with van der Waals surface area (Å²) in [6, 6.07) is 3.80. The number of nitrogens with one attached hydrogen (secondary N) is 5. The van der Waals surface area contributed by atoms with E-state index in [9.17, 15) is 19.2 Å². The second-order valence-corrected chi connectivity index (χ2v) is 12.3. The Balaban J connectivity index is 3.03. The fraction of sp³-hybridized carbons (Fsp3) is 0.562. The van der Waals surface area contributed by atoms with E-state index in [-0.39, 0.29) is 74.4 Å². The molecule has 0 aliphatic rings. The van der Waals surface area contributed by atoms with E-state index in [1.165, 1.54) is 0 Å². The summed E-state index contributed by atoms with van der Waals surface area (Å²) in [6.45, 7) is 4.57. The third-order valence-electron chi connectivity index (χ3n) is 7.51. The van der Waals surface area contributed by atoms with Gasteiger partial charge >= 0.3 is 0 Å². The lowest BCUT2D eigenvalue weighted by Crippen LogP contribution is -2.58. The maximum absolute atomic E-state index is 13.6. The summed E-state index contributed by atoms with van der Waals surface area (Å²) in [5.74, 6) is -2.60. The van der Waals surface area contributed by atoms with Gasteiger partial charge in [0.15, 0.2) is 17.9 Å². The number of hydrogen-bond acceptors (Lipinski definition) is 8. The maximum Gasteiger partial charge on any atom is 0.243 e. The van der Waals surface area contributed by atoms with Crippen molar-refractivity contribution in [2.75, 3.05) is 19.6 Å². The molecule has 0 heterocycles. The van der Waals surface area contributed by atoms with E-state index in [1.54, 1.807) is 38.1 Å². The van der Waals surface area contributed by atoms with Gasteiger partial charge in [-0.1, -0.05) is 44.5 Å². The van der Waals surface area contributed by atoms with E-state index in [2.05, 4.69) is 36.2 Å². The molecule has 0 radical (unpaired) electrons. The minimum Gasteiger partial charge on any atom is -0.384 e. The molecule has 19 nitrogen and oxygen atoms in total. The zero-order chi connectivity index (χ0) is 38.3. The molecule has 1 aromatic rings. The molecular weight excluding hydrogens is 658 g/mol. The van der Waals surface area contributed by atoms with Crippen molar-refractivity contribution >= 4 is 47.3 Å². The molecule has 19 heteroatoms. The number of guanidine groups is 3. The molecule has 0 saturated heterocycles. The molecule has 0 saturated carbocycles.